The summed E-state index contributed by atoms with van der Waals surface area (Å²) in [7, 11) is 2.15. The van der Waals surface area contributed by atoms with Crippen LogP contribution in [-0.2, 0) is 4.79 Å². The van der Waals surface area contributed by atoms with Crippen LogP contribution in [0.3, 0.4) is 0 Å². The molecule has 3 rings (SSSR count). The maximum Gasteiger partial charge on any atom is 0.236 e. The van der Waals surface area contributed by atoms with Crippen molar-refractivity contribution in [1.29, 1.82) is 0 Å². The van der Waals surface area contributed by atoms with Crippen molar-refractivity contribution in [1.82, 2.24) is 15.1 Å². The molecule has 120 valence electrons. The lowest BCUT2D eigenvalue weighted by Gasteiger charge is -2.36. The average Bonchev–Trinajstić information content (AvgIpc) is 2.76. The Balaban J connectivity index is 1.49. The fourth-order valence-electron chi connectivity index (χ4n) is 4.33. The number of nitrogens with one attached hydrogen (secondary N) is 1. The first-order chi connectivity index (χ1) is 10.2. The highest BCUT2D eigenvalue weighted by molar-refractivity contribution is 5.78. The van der Waals surface area contributed by atoms with Gasteiger partial charge in [-0.3, -0.25) is 9.69 Å². The summed E-state index contributed by atoms with van der Waals surface area (Å²) >= 11 is 0. The third-order valence-electron chi connectivity index (χ3n) is 5.66. The number of likely N-dealkylation sites (tertiary alicyclic amines) is 1. The van der Waals surface area contributed by atoms with Crippen molar-refractivity contribution in [3.63, 3.8) is 0 Å². The number of rotatable bonds is 3. The molecule has 0 aromatic rings. The summed E-state index contributed by atoms with van der Waals surface area (Å²) in [4.78, 5) is 17.0. The zero-order valence-corrected chi connectivity index (χ0v) is 13.5. The van der Waals surface area contributed by atoms with Crippen LogP contribution in [0.25, 0.3) is 0 Å². The van der Waals surface area contributed by atoms with E-state index in [1.807, 2.05) is 0 Å². The van der Waals surface area contributed by atoms with E-state index in [-0.39, 0.29) is 0 Å². The molecule has 3 heterocycles. The third kappa shape index (κ3) is 3.98. The number of piperidine rings is 1. The molecule has 1 N–H and O–H groups in total. The summed E-state index contributed by atoms with van der Waals surface area (Å²) in [5, 5.41) is 3.69. The van der Waals surface area contributed by atoms with E-state index in [0.717, 1.165) is 13.1 Å². The van der Waals surface area contributed by atoms with Gasteiger partial charge in [-0.25, -0.2) is 0 Å². The minimum atomic E-state index is 0.352. The Morgan fingerprint density at radius 1 is 1.05 bits per heavy atom. The number of nitrogens with zero attached hydrogens (tertiary/aromatic N) is 2. The molecule has 0 radical (unpaired) electrons. The van der Waals surface area contributed by atoms with Gasteiger partial charge in [0.1, 0.15) is 0 Å². The van der Waals surface area contributed by atoms with E-state index in [9.17, 15) is 4.79 Å². The summed E-state index contributed by atoms with van der Waals surface area (Å²) in [5.41, 5.74) is 0. The highest BCUT2D eigenvalue weighted by Crippen LogP contribution is 2.29. The molecule has 3 saturated heterocycles. The van der Waals surface area contributed by atoms with Crippen LogP contribution in [0.15, 0.2) is 0 Å². The number of amides is 1. The van der Waals surface area contributed by atoms with Crippen molar-refractivity contribution in [2.75, 3.05) is 26.7 Å². The predicted molar refractivity (Wildman–Crippen MR) is 85.3 cm³/mol. The Kier molecular flexibility index (Phi) is 5.17. The molecule has 0 spiro atoms. The molecule has 0 aromatic carbocycles. The molecule has 21 heavy (non-hydrogen) atoms. The van der Waals surface area contributed by atoms with Crippen molar-refractivity contribution in [3.05, 3.63) is 0 Å². The molecular formula is C17H31N3O. The molecular weight excluding hydrogens is 262 g/mol. The Morgan fingerprint density at radius 3 is 2.24 bits per heavy atom. The lowest BCUT2D eigenvalue weighted by atomic mass is 9.98. The summed E-state index contributed by atoms with van der Waals surface area (Å²) < 4.78 is 0. The van der Waals surface area contributed by atoms with Crippen molar-refractivity contribution in [3.8, 4) is 0 Å². The van der Waals surface area contributed by atoms with Crippen LogP contribution >= 0.6 is 0 Å². The van der Waals surface area contributed by atoms with E-state index in [4.69, 9.17) is 0 Å². The second-order valence-corrected chi connectivity index (χ2v) is 7.33. The van der Waals surface area contributed by atoms with Crippen molar-refractivity contribution >= 4 is 5.91 Å². The van der Waals surface area contributed by atoms with E-state index in [0.29, 0.717) is 30.6 Å². The minimum absolute atomic E-state index is 0.352. The molecule has 3 aliphatic heterocycles. The Labute approximate surface area is 129 Å². The predicted octanol–water partition coefficient (Wildman–Crippen LogP) is 1.99. The molecule has 4 nitrogen and oxygen atoms in total. The normalized spacial score (nSPS) is 33.8. The summed E-state index contributed by atoms with van der Waals surface area (Å²) in [6, 6.07) is 2.00. The van der Waals surface area contributed by atoms with E-state index >= 15 is 0 Å². The molecule has 0 aliphatic carbocycles. The number of hydrogen-bond acceptors (Lipinski definition) is 3. The van der Waals surface area contributed by atoms with Crippen molar-refractivity contribution < 1.29 is 4.79 Å². The molecule has 2 atom stereocenters. The zero-order chi connectivity index (χ0) is 14.7. The van der Waals surface area contributed by atoms with Gasteiger partial charge < -0.3 is 10.2 Å². The van der Waals surface area contributed by atoms with Gasteiger partial charge in [-0.15, -0.1) is 0 Å². The monoisotopic (exact) mass is 293 g/mol. The van der Waals surface area contributed by atoms with Crippen LogP contribution in [0.5, 0.6) is 0 Å². The number of carbonyl (C=O) groups is 1. The quantitative estimate of drug-likeness (QED) is 0.864. The van der Waals surface area contributed by atoms with Crippen LogP contribution < -0.4 is 5.32 Å². The van der Waals surface area contributed by atoms with Gasteiger partial charge in [0, 0.05) is 31.2 Å². The van der Waals surface area contributed by atoms with E-state index < -0.39 is 0 Å². The van der Waals surface area contributed by atoms with Crippen LogP contribution in [0.4, 0.5) is 0 Å². The highest BCUT2D eigenvalue weighted by Gasteiger charge is 2.35. The van der Waals surface area contributed by atoms with Crippen LogP contribution in [0, 0.1) is 0 Å². The Hall–Kier alpha value is -0.610. The Morgan fingerprint density at radius 2 is 1.62 bits per heavy atom. The molecule has 3 aliphatic rings. The number of likely N-dealkylation sites (N-methyl/N-ethyl adjacent to an activating group) is 1. The zero-order valence-electron chi connectivity index (χ0n) is 13.5. The molecule has 0 saturated carbocycles. The number of hydrogen-bond donors (Lipinski definition) is 1. The summed E-state index contributed by atoms with van der Waals surface area (Å²) in [5.74, 6) is 0.352. The lowest BCUT2D eigenvalue weighted by Crippen LogP contribution is -2.50. The SMILES string of the molecule is CN(CC(=O)N1CCCCCCC1)C1CC2CCC(C1)N2. The summed E-state index contributed by atoms with van der Waals surface area (Å²) in [6.07, 6.45) is 11.4. The largest absolute Gasteiger partial charge is 0.342 e. The van der Waals surface area contributed by atoms with Crippen molar-refractivity contribution in [2.24, 2.45) is 0 Å². The lowest BCUT2D eigenvalue weighted by molar-refractivity contribution is -0.133. The molecule has 3 fully saturated rings. The fourth-order valence-corrected chi connectivity index (χ4v) is 4.33. The Bertz CT molecular complexity index is 340. The summed E-state index contributed by atoms with van der Waals surface area (Å²) in [6.45, 7) is 2.57. The van der Waals surface area contributed by atoms with Crippen LogP contribution in [0.2, 0.25) is 0 Å². The standard InChI is InChI=1S/C17H31N3O/c1-19(16-11-14-7-8-15(12-16)18-14)13-17(21)20-9-5-3-2-4-6-10-20/h14-16,18H,2-13H2,1H3. The minimum Gasteiger partial charge on any atom is -0.342 e. The van der Waals surface area contributed by atoms with Gasteiger partial charge >= 0.3 is 0 Å². The molecule has 2 bridgehead atoms. The topological polar surface area (TPSA) is 35.6 Å². The second-order valence-electron chi connectivity index (χ2n) is 7.33. The highest BCUT2D eigenvalue weighted by atomic mass is 16.2. The van der Waals surface area contributed by atoms with Crippen molar-refractivity contribution in [2.45, 2.75) is 75.9 Å². The third-order valence-corrected chi connectivity index (χ3v) is 5.66. The van der Waals surface area contributed by atoms with E-state index in [1.54, 1.807) is 0 Å². The molecule has 0 aromatic heterocycles. The van der Waals surface area contributed by atoms with Gasteiger partial charge in [-0.05, 0) is 45.6 Å². The first-order valence-electron chi connectivity index (χ1n) is 8.96. The van der Waals surface area contributed by atoms with Gasteiger partial charge in [0.05, 0.1) is 6.54 Å². The second kappa shape index (κ2) is 7.10. The maximum absolute atomic E-state index is 12.6. The number of fused-ring (bicyclic) bond motifs is 2. The van der Waals surface area contributed by atoms with Gasteiger partial charge in [0.25, 0.3) is 0 Å². The molecule has 4 heteroatoms. The maximum atomic E-state index is 12.6. The van der Waals surface area contributed by atoms with Gasteiger partial charge in [0.2, 0.25) is 5.91 Å². The smallest absolute Gasteiger partial charge is 0.236 e. The average molecular weight is 293 g/mol. The molecule has 1 amide bonds. The van der Waals surface area contributed by atoms with E-state index in [2.05, 4.69) is 22.2 Å². The first-order valence-corrected chi connectivity index (χ1v) is 8.96. The number of carbonyl (C=O) groups excluding carboxylic acids is 1. The fraction of sp³-hybridized carbons (Fsp3) is 0.941. The van der Waals surface area contributed by atoms with E-state index in [1.165, 1.54) is 57.8 Å². The van der Waals surface area contributed by atoms with Gasteiger partial charge in [-0.2, -0.15) is 0 Å². The first kappa shape index (κ1) is 15.3. The van der Waals surface area contributed by atoms with Gasteiger partial charge in [-0.1, -0.05) is 19.3 Å². The molecule has 2 unspecified atom stereocenters. The van der Waals surface area contributed by atoms with Gasteiger partial charge in [0.15, 0.2) is 0 Å². The van der Waals surface area contributed by atoms with Crippen LogP contribution in [-0.4, -0.2) is 60.5 Å². The van der Waals surface area contributed by atoms with Crippen LogP contribution in [0.1, 0.15) is 57.8 Å².